The van der Waals surface area contributed by atoms with Gasteiger partial charge in [-0.3, -0.25) is 4.79 Å². The molecule has 0 aliphatic carbocycles. The molecule has 2 saturated heterocycles. The van der Waals surface area contributed by atoms with Crippen LogP contribution in [0.25, 0.3) is 0 Å². The maximum Gasteiger partial charge on any atom is 0.256 e. The Morgan fingerprint density at radius 2 is 2.12 bits per heavy atom. The number of carbonyl (C=O) groups is 1. The summed E-state index contributed by atoms with van der Waals surface area (Å²) in [7, 11) is 2.03. The molecule has 1 amide bonds. The number of hydrogen-bond acceptors (Lipinski definition) is 5. The van der Waals surface area contributed by atoms with Crippen LogP contribution in [-0.4, -0.2) is 59.1 Å². The first-order valence-electron chi connectivity index (χ1n) is 8.11. The number of amides is 1. The van der Waals surface area contributed by atoms with Crippen LogP contribution in [0, 0.1) is 18.2 Å². The molecule has 2 aliphatic rings. The monoisotopic (exact) mass is 364 g/mol. The van der Waals surface area contributed by atoms with Crippen molar-refractivity contribution in [3.63, 3.8) is 0 Å². The largest absolute Gasteiger partial charge is 0.425 e. The van der Waals surface area contributed by atoms with Crippen molar-refractivity contribution in [2.45, 2.75) is 12.8 Å². The summed E-state index contributed by atoms with van der Waals surface area (Å²) < 4.78 is 19.6. The van der Waals surface area contributed by atoms with Gasteiger partial charge in [-0.05, 0) is 25.2 Å². The van der Waals surface area contributed by atoms with E-state index in [1.165, 1.54) is 18.2 Å². The number of likely N-dealkylation sites (N-methyl/N-ethyl adjacent to an activating group) is 1. The van der Waals surface area contributed by atoms with Crippen LogP contribution in [0.15, 0.2) is 22.6 Å². The van der Waals surface area contributed by atoms with E-state index in [0.29, 0.717) is 29.9 Å². The predicted octanol–water partition coefficient (Wildman–Crippen LogP) is 2.34. The minimum atomic E-state index is -0.553. The highest BCUT2D eigenvalue weighted by Crippen LogP contribution is 2.48. The normalized spacial score (nSPS) is 22.4. The fourth-order valence-corrected chi connectivity index (χ4v) is 4.19. The Morgan fingerprint density at radius 1 is 1.36 bits per heavy atom. The molecule has 132 valence electrons. The van der Waals surface area contributed by atoms with E-state index in [9.17, 15) is 9.18 Å². The van der Waals surface area contributed by atoms with Gasteiger partial charge in [-0.15, -0.1) is 10.2 Å². The molecule has 1 spiro atoms. The number of benzene rings is 1. The van der Waals surface area contributed by atoms with Crippen molar-refractivity contribution in [3.8, 4) is 0 Å². The highest BCUT2D eigenvalue weighted by Gasteiger charge is 2.57. The summed E-state index contributed by atoms with van der Waals surface area (Å²) in [4.78, 5) is 16.5. The molecular formula is C17H18ClFN4O2. The van der Waals surface area contributed by atoms with Crippen molar-refractivity contribution in [3.05, 3.63) is 46.4 Å². The van der Waals surface area contributed by atoms with E-state index < -0.39 is 5.82 Å². The number of likely N-dealkylation sites (tertiary alicyclic amines) is 2. The third-order valence-electron chi connectivity index (χ3n) is 5.12. The first kappa shape index (κ1) is 16.5. The number of aromatic nitrogens is 2. The van der Waals surface area contributed by atoms with Crippen LogP contribution in [0.4, 0.5) is 4.39 Å². The van der Waals surface area contributed by atoms with Gasteiger partial charge in [0.1, 0.15) is 5.82 Å². The number of nitrogens with zero attached hydrogens (tertiary/aromatic N) is 4. The van der Waals surface area contributed by atoms with Crippen molar-refractivity contribution in [1.29, 1.82) is 0 Å². The molecule has 2 aliphatic heterocycles. The highest BCUT2D eigenvalue weighted by atomic mass is 35.5. The zero-order valence-electron chi connectivity index (χ0n) is 14.0. The second-order valence-electron chi connectivity index (χ2n) is 7.06. The number of rotatable bonds is 2. The molecule has 1 unspecified atom stereocenters. The van der Waals surface area contributed by atoms with Gasteiger partial charge in [0.2, 0.25) is 11.8 Å². The lowest BCUT2D eigenvalue weighted by molar-refractivity contribution is 0.000165. The van der Waals surface area contributed by atoms with Crippen molar-refractivity contribution in [2.75, 3.05) is 33.2 Å². The first-order chi connectivity index (χ1) is 11.9. The maximum atomic E-state index is 14.0. The Morgan fingerprint density at radius 3 is 2.80 bits per heavy atom. The van der Waals surface area contributed by atoms with Crippen molar-refractivity contribution in [1.82, 2.24) is 20.0 Å². The van der Waals surface area contributed by atoms with E-state index >= 15 is 0 Å². The van der Waals surface area contributed by atoms with E-state index in [4.69, 9.17) is 16.0 Å². The van der Waals surface area contributed by atoms with Gasteiger partial charge in [0, 0.05) is 43.5 Å². The fraction of sp³-hybridized carbons (Fsp3) is 0.471. The average molecular weight is 365 g/mol. The van der Waals surface area contributed by atoms with Crippen molar-refractivity contribution >= 4 is 17.5 Å². The molecule has 2 aromatic rings. The van der Waals surface area contributed by atoms with E-state index in [0.717, 1.165) is 13.1 Å². The molecule has 4 rings (SSSR count). The smallest absolute Gasteiger partial charge is 0.256 e. The molecule has 1 atom stereocenters. The molecule has 3 heterocycles. The Labute approximate surface area is 149 Å². The summed E-state index contributed by atoms with van der Waals surface area (Å²) in [6.45, 7) is 4.47. The standard InChI is InChI=1S/C17H18ClFN4O2/c1-10-20-21-15(25-10)13-6-22(2)7-17(13)8-23(9-17)16(24)12-5-11(18)3-4-14(12)19/h3-5,13H,6-9H2,1-2H3. The molecule has 1 aromatic carbocycles. The van der Waals surface area contributed by atoms with Crippen LogP contribution in [0.3, 0.4) is 0 Å². The topological polar surface area (TPSA) is 62.5 Å². The zero-order valence-corrected chi connectivity index (χ0v) is 14.8. The minimum absolute atomic E-state index is 0.0129. The summed E-state index contributed by atoms with van der Waals surface area (Å²) in [6, 6.07) is 4.04. The Balaban J connectivity index is 1.55. The van der Waals surface area contributed by atoms with E-state index in [1.807, 2.05) is 7.05 Å². The molecule has 0 bridgehead atoms. The van der Waals surface area contributed by atoms with Gasteiger partial charge >= 0.3 is 0 Å². The van der Waals surface area contributed by atoms with Gasteiger partial charge in [-0.2, -0.15) is 0 Å². The first-order valence-corrected chi connectivity index (χ1v) is 8.49. The van der Waals surface area contributed by atoms with Crippen LogP contribution in [0.5, 0.6) is 0 Å². The van der Waals surface area contributed by atoms with E-state index in [-0.39, 0.29) is 22.8 Å². The Hall–Kier alpha value is -1.99. The van der Waals surface area contributed by atoms with Crippen LogP contribution >= 0.6 is 11.6 Å². The van der Waals surface area contributed by atoms with Crippen molar-refractivity contribution in [2.24, 2.45) is 5.41 Å². The molecule has 1 aromatic heterocycles. The van der Waals surface area contributed by atoms with E-state index in [1.54, 1.807) is 11.8 Å². The summed E-state index contributed by atoms with van der Waals surface area (Å²) in [5.41, 5.74) is -0.114. The molecule has 0 saturated carbocycles. The molecule has 0 N–H and O–H groups in total. The average Bonchev–Trinajstić information content (AvgIpc) is 3.10. The second-order valence-corrected chi connectivity index (χ2v) is 7.49. The second kappa shape index (κ2) is 5.78. The fourth-order valence-electron chi connectivity index (χ4n) is 4.02. The molecular weight excluding hydrogens is 347 g/mol. The SMILES string of the molecule is Cc1nnc(C2CN(C)CC23CN(C(=O)c2cc(Cl)ccc2F)C3)o1. The van der Waals surface area contributed by atoms with Crippen molar-refractivity contribution < 1.29 is 13.6 Å². The summed E-state index contributed by atoms with van der Waals surface area (Å²) >= 11 is 5.90. The number of carbonyl (C=O) groups excluding carboxylic acids is 1. The summed E-state index contributed by atoms with van der Waals surface area (Å²) in [5, 5.41) is 8.44. The summed E-state index contributed by atoms with van der Waals surface area (Å²) in [5.74, 6) is 0.339. The van der Waals surface area contributed by atoms with Gasteiger partial charge in [-0.1, -0.05) is 11.6 Å². The zero-order chi connectivity index (χ0) is 17.8. The Bertz CT molecular complexity index is 834. The molecule has 2 fully saturated rings. The van der Waals surface area contributed by atoms with Gasteiger partial charge in [0.25, 0.3) is 5.91 Å². The van der Waals surface area contributed by atoms with Gasteiger partial charge in [-0.25, -0.2) is 4.39 Å². The van der Waals surface area contributed by atoms with Crippen LogP contribution in [0.2, 0.25) is 5.02 Å². The summed E-state index contributed by atoms with van der Waals surface area (Å²) in [6.07, 6.45) is 0. The van der Waals surface area contributed by atoms with Crippen LogP contribution in [-0.2, 0) is 0 Å². The lowest BCUT2D eigenvalue weighted by Gasteiger charge is -2.50. The maximum absolute atomic E-state index is 14.0. The van der Waals surface area contributed by atoms with Crippen LogP contribution < -0.4 is 0 Å². The lowest BCUT2D eigenvalue weighted by atomic mass is 9.71. The quantitative estimate of drug-likeness (QED) is 0.818. The third kappa shape index (κ3) is 2.71. The van der Waals surface area contributed by atoms with Crippen LogP contribution in [0.1, 0.15) is 28.1 Å². The minimum Gasteiger partial charge on any atom is -0.425 e. The number of hydrogen-bond donors (Lipinski definition) is 0. The van der Waals surface area contributed by atoms with Gasteiger partial charge < -0.3 is 14.2 Å². The molecule has 0 radical (unpaired) electrons. The lowest BCUT2D eigenvalue weighted by Crippen LogP contribution is -2.61. The Kier molecular flexibility index (Phi) is 3.81. The highest BCUT2D eigenvalue weighted by molar-refractivity contribution is 6.31. The van der Waals surface area contributed by atoms with Gasteiger partial charge in [0.15, 0.2) is 0 Å². The van der Waals surface area contributed by atoms with E-state index in [2.05, 4.69) is 15.1 Å². The molecule has 6 nitrogen and oxygen atoms in total. The molecule has 8 heteroatoms. The molecule has 25 heavy (non-hydrogen) atoms. The number of halogens is 2. The number of aryl methyl sites for hydroxylation is 1. The predicted molar refractivity (Wildman–Crippen MR) is 89.0 cm³/mol. The van der Waals surface area contributed by atoms with Gasteiger partial charge in [0.05, 0.1) is 11.5 Å². The third-order valence-corrected chi connectivity index (χ3v) is 5.35.